The van der Waals surface area contributed by atoms with Crippen LogP contribution in [0.1, 0.15) is 20.3 Å². The zero-order valence-electron chi connectivity index (χ0n) is 12.3. The predicted octanol–water partition coefficient (Wildman–Crippen LogP) is 0.197. The first-order valence-electron chi connectivity index (χ1n) is 7.06. The number of nitrogens with zero attached hydrogens (tertiary/aromatic N) is 1. The Bertz CT molecular complexity index is 449. The number of aliphatic hydroxyl groups is 1. The summed E-state index contributed by atoms with van der Waals surface area (Å²) in [6.45, 7) is 4.34. The van der Waals surface area contributed by atoms with Crippen molar-refractivity contribution in [2.24, 2.45) is 5.92 Å². The van der Waals surface area contributed by atoms with Crippen LogP contribution in [0.15, 0.2) is 12.2 Å². The Labute approximate surface area is 123 Å². The van der Waals surface area contributed by atoms with Gasteiger partial charge in [-0.2, -0.15) is 0 Å². The normalized spacial score (nSPS) is 31.2. The lowest BCUT2D eigenvalue weighted by molar-refractivity contribution is -0.140. The number of aliphatic carboxylic acids is 1. The number of carboxylic acids is 1. The number of hydrogen-bond donors (Lipinski definition) is 3. The van der Waals surface area contributed by atoms with E-state index >= 15 is 0 Å². The maximum atomic E-state index is 12.3. The van der Waals surface area contributed by atoms with Gasteiger partial charge in [-0.25, -0.2) is 4.79 Å². The Morgan fingerprint density at radius 2 is 2.14 bits per heavy atom. The maximum Gasteiger partial charge on any atom is 0.318 e. The van der Waals surface area contributed by atoms with Crippen LogP contribution in [0.5, 0.6) is 0 Å². The summed E-state index contributed by atoms with van der Waals surface area (Å²) < 4.78 is 5.66. The van der Waals surface area contributed by atoms with E-state index in [1.165, 1.54) is 0 Å². The van der Waals surface area contributed by atoms with Gasteiger partial charge >= 0.3 is 12.0 Å². The standard InChI is InChI=1S/C14H22N2O5/c1-14(2)8-16(6-11(7-17)21-14)13(20)15-10-4-3-9(5-10)12(18)19/h3-4,9-11,17H,5-8H2,1-2H3,(H,15,20)(H,18,19). The van der Waals surface area contributed by atoms with E-state index in [2.05, 4.69) is 5.32 Å². The van der Waals surface area contributed by atoms with Crippen LogP contribution in [0, 0.1) is 5.92 Å². The highest BCUT2D eigenvalue weighted by Gasteiger charge is 2.36. The maximum absolute atomic E-state index is 12.3. The summed E-state index contributed by atoms with van der Waals surface area (Å²) in [6, 6.07) is -0.525. The van der Waals surface area contributed by atoms with Crippen LogP contribution >= 0.6 is 0 Å². The minimum absolute atomic E-state index is 0.141. The van der Waals surface area contributed by atoms with Gasteiger partial charge in [0.1, 0.15) is 0 Å². The molecule has 0 bridgehead atoms. The van der Waals surface area contributed by atoms with E-state index in [9.17, 15) is 14.7 Å². The number of carbonyl (C=O) groups excluding carboxylic acids is 1. The number of amides is 2. The fourth-order valence-electron chi connectivity index (χ4n) is 2.78. The fraction of sp³-hybridized carbons (Fsp3) is 0.714. The third-order valence-corrected chi connectivity index (χ3v) is 3.68. The zero-order chi connectivity index (χ0) is 15.6. The molecule has 7 nitrogen and oxygen atoms in total. The van der Waals surface area contributed by atoms with E-state index in [-0.39, 0.29) is 18.7 Å². The summed E-state index contributed by atoms with van der Waals surface area (Å²) >= 11 is 0. The molecule has 7 heteroatoms. The van der Waals surface area contributed by atoms with Crippen molar-refractivity contribution in [1.29, 1.82) is 0 Å². The molecule has 3 unspecified atom stereocenters. The van der Waals surface area contributed by atoms with Gasteiger partial charge in [0.2, 0.25) is 0 Å². The van der Waals surface area contributed by atoms with Crippen LogP contribution in [0.25, 0.3) is 0 Å². The smallest absolute Gasteiger partial charge is 0.318 e. The molecule has 0 spiro atoms. The van der Waals surface area contributed by atoms with Crippen molar-refractivity contribution in [2.75, 3.05) is 19.7 Å². The van der Waals surface area contributed by atoms with Crippen LogP contribution in [-0.2, 0) is 9.53 Å². The van der Waals surface area contributed by atoms with E-state index in [0.717, 1.165) is 0 Å². The molecule has 3 atom stereocenters. The van der Waals surface area contributed by atoms with Crippen LogP contribution in [0.4, 0.5) is 4.79 Å². The van der Waals surface area contributed by atoms with Crippen LogP contribution in [0.3, 0.4) is 0 Å². The molecule has 0 aromatic heterocycles. The summed E-state index contributed by atoms with van der Waals surface area (Å²) in [5.74, 6) is -1.42. The highest BCUT2D eigenvalue weighted by Crippen LogP contribution is 2.22. The van der Waals surface area contributed by atoms with E-state index in [4.69, 9.17) is 9.84 Å². The number of carbonyl (C=O) groups is 2. The summed E-state index contributed by atoms with van der Waals surface area (Å²) in [6.07, 6.45) is 3.29. The van der Waals surface area contributed by atoms with E-state index in [0.29, 0.717) is 19.5 Å². The predicted molar refractivity (Wildman–Crippen MR) is 74.8 cm³/mol. The lowest BCUT2D eigenvalue weighted by atomic mass is 10.1. The summed E-state index contributed by atoms with van der Waals surface area (Å²) in [5.41, 5.74) is -0.516. The number of ether oxygens (including phenoxy) is 1. The molecule has 1 aliphatic heterocycles. The number of nitrogens with one attached hydrogen (secondary N) is 1. The van der Waals surface area contributed by atoms with Crippen molar-refractivity contribution in [1.82, 2.24) is 10.2 Å². The lowest BCUT2D eigenvalue weighted by Crippen LogP contribution is -2.58. The third kappa shape index (κ3) is 3.95. The second-order valence-corrected chi connectivity index (χ2v) is 6.18. The van der Waals surface area contributed by atoms with E-state index in [1.54, 1.807) is 17.1 Å². The molecule has 1 heterocycles. The quantitative estimate of drug-likeness (QED) is 0.646. The summed E-state index contributed by atoms with van der Waals surface area (Å²) in [7, 11) is 0. The third-order valence-electron chi connectivity index (χ3n) is 3.68. The zero-order valence-corrected chi connectivity index (χ0v) is 12.3. The number of hydrogen-bond acceptors (Lipinski definition) is 4. The molecule has 3 N–H and O–H groups in total. The molecule has 2 amide bonds. The van der Waals surface area contributed by atoms with Gasteiger partial charge in [0, 0.05) is 0 Å². The Morgan fingerprint density at radius 3 is 2.71 bits per heavy atom. The SMILES string of the molecule is CC1(C)CN(C(=O)NC2C=CC(C(=O)O)C2)CC(CO)O1. The first kappa shape index (κ1) is 15.8. The van der Waals surface area contributed by atoms with Crippen LogP contribution in [0.2, 0.25) is 0 Å². The fourth-order valence-corrected chi connectivity index (χ4v) is 2.78. The highest BCUT2D eigenvalue weighted by atomic mass is 16.5. The lowest BCUT2D eigenvalue weighted by Gasteiger charge is -2.42. The van der Waals surface area contributed by atoms with Crippen molar-refractivity contribution < 1.29 is 24.5 Å². The van der Waals surface area contributed by atoms with Gasteiger partial charge in [-0.05, 0) is 20.3 Å². The summed E-state index contributed by atoms with van der Waals surface area (Å²) in [4.78, 5) is 24.8. The second-order valence-electron chi connectivity index (χ2n) is 6.18. The molecule has 2 aliphatic rings. The molecule has 0 aromatic rings. The number of carboxylic acid groups (broad SMARTS) is 1. The minimum Gasteiger partial charge on any atom is -0.481 e. The molecule has 1 aliphatic carbocycles. The molecule has 2 rings (SSSR count). The Morgan fingerprint density at radius 1 is 1.43 bits per heavy atom. The Kier molecular flexibility index (Phi) is 4.53. The molecule has 0 saturated carbocycles. The van der Waals surface area contributed by atoms with Crippen molar-refractivity contribution in [3.8, 4) is 0 Å². The van der Waals surface area contributed by atoms with Crippen molar-refractivity contribution in [2.45, 2.75) is 38.0 Å². The van der Waals surface area contributed by atoms with Gasteiger partial charge in [-0.15, -0.1) is 0 Å². The monoisotopic (exact) mass is 298 g/mol. The molecule has 0 aromatic carbocycles. The van der Waals surface area contributed by atoms with Gasteiger partial charge < -0.3 is 25.2 Å². The number of rotatable bonds is 3. The Hall–Kier alpha value is -1.60. The molecular formula is C14H22N2O5. The molecule has 21 heavy (non-hydrogen) atoms. The molecular weight excluding hydrogens is 276 g/mol. The van der Waals surface area contributed by atoms with E-state index in [1.807, 2.05) is 13.8 Å². The van der Waals surface area contributed by atoms with Gasteiger partial charge in [0.05, 0.1) is 43.4 Å². The summed E-state index contributed by atoms with van der Waals surface area (Å²) in [5, 5.41) is 21.0. The van der Waals surface area contributed by atoms with Gasteiger partial charge in [-0.1, -0.05) is 12.2 Å². The van der Waals surface area contributed by atoms with Crippen molar-refractivity contribution >= 4 is 12.0 Å². The average Bonchev–Trinajstić information content (AvgIpc) is 2.85. The van der Waals surface area contributed by atoms with Gasteiger partial charge in [0.15, 0.2) is 0 Å². The Balaban J connectivity index is 1.91. The van der Waals surface area contributed by atoms with Crippen molar-refractivity contribution in [3.63, 3.8) is 0 Å². The molecule has 1 fully saturated rings. The number of aliphatic hydroxyl groups excluding tert-OH is 1. The van der Waals surface area contributed by atoms with Crippen molar-refractivity contribution in [3.05, 3.63) is 12.2 Å². The largest absolute Gasteiger partial charge is 0.481 e. The van der Waals surface area contributed by atoms with Crippen LogP contribution < -0.4 is 5.32 Å². The van der Waals surface area contributed by atoms with Gasteiger partial charge in [0.25, 0.3) is 0 Å². The van der Waals surface area contributed by atoms with Crippen LogP contribution in [-0.4, -0.2) is 64.6 Å². The highest BCUT2D eigenvalue weighted by molar-refractivity contribution is 5.76. The second kappa shape index (κ2) is 6.03. The van der Waals surface area contributed by atoms with E-state index < -0.39 is 23.6 Å². The molecule has 118 valence electrons. The first-order chi connectivity index (χ1) is 9.80. The van der Waals surface area contributed by atoms with Gasteiger partial charge in [-0.3, -0.25) is 4.79 Å². The average molecular weight is 298 g/mol. The topological polar surface area (TPSA) is 99.1 Å². The number of morpholine rings is 1. The number of urea groups is 1. The molecule has 1 saturated heterocycles. The molecule has 0 radical (unpaired) electrons. The first-order valence-corrected chi connectivity index (χ1v) is 7.06. The minimum atomic E-state index is -0.879.